The third kappa shape index (κ3) is 3.08. The normalized spacial score (nSPS) is 10.3. The van der Waals surface area contributed by atoms with Gasteiger partial charge < -0.3 is 5.32 Å². The first-order valence-corrected chi connectivity index (χ1v) is 6.90. The number of halogens is 1. The zero-order valence-corrected chi connectivity index (χ0v) is 12.0. The zero-order valence-electron chi connectivity index (χ0n) is 9.64. The van der Waals surface area contributed by atoms with Gasteiger partial charge in [0.1, 0.15) is 5.69 Å². The van der Waals surface area contributed by atoms with Crippen LogP contribution in [-0.4, -0.2) is 4.92 Å². The number of nitro groups is 1. The van der Waals surface area contributed by atoms with Gasteiger partial charge in [-0.25, -0.2) is 0 Å². The van der Waals surface area contributed by atoms with Gasteiger partial charge in [-0.15, -0.1) is 11.3 Å². The van der Waals surface area contributed by atoms with Crippen LogP contribution in [0.1, 0.15) is 9.75 Å². The molecule has 0 amide bonds. The molecule has 0 saturated heterocycles. The minimum absolute atomic E-state index is 0.0893. The maximum atomic E-state index is 10.9. The fraction of sp³-hybridized carbons (Fsp3) is 0.167. The summed E-state index contributed by atoms with van der Waals surface area (Å²) in [4.78, 5) is 12.9. The molecule has 6 heteroatoms. The Morgan fingerprint density at radius 1 is 1.39 bits per heavy atom. The molecule has 0 aliphatic rings. The molecule has 1 aromatic heterocycles. The van der Waals surface area contributed by atoms with Crippen LogP contribution >= 0.6 is 27.3 Å². The molecule has 0 atom stereocenters. The van der Waals surface area contributed by atoms with Gasteiger partial charge in [0.15, 0.2) is 0 Å². The number of rotatable bonds is 4. The van der Waals surface area contributed by atoms with Crippen LogP contribution in [0.5, 0.6) is 0 Å². The molecule has 1 heterocycles. The van der Waals surface area contributed by atoms with Gasteiger partial charge in [0.25, 0.3) is 5.69 Å². The number of nitrogens with one attached hydrogen (secondary N) is 1. The second-order valence-electron chi connectivity index (χ2n) is 3.78. The summed E-state index contributed by atoms with van der Waals surface area (Å²) in [5, 5.41) is 14.0. The summed E-state index contributed by atoms with van der Waals surface area (Å²) in [5.41, 5.74) is 0.618. The van der Waals surface area contributed by atoms with E-state index >= 15 is 0 Å². The third-order valence-corrected chi connectivity index (χ3v) is 3.90. The van der Waals surface area contributed by atoms with Crippen molar-refractivity contribution in [1.29, 1.82) is 0 Å². The standard InChI is InChI=1S/C12H11BrN2O2S/c1-8-2-4-10(18-8)7-14-11-6-9(13)3-5-12(11)15(16)17/h2-6,14H,7H2,1H3. The number of benzene rings is 1. The minimum atomic E-state index is -0.381. The third-order valence-electron chi connectivity index (χ3n) is 2.40. The molecule has 0 aliphatic heterocycles. The van der Waals surface area contributed by atoms with Crippen molar-refractivity contribution < 1.29 is 4.92 Å². The van der Waals surface area contributed by atoms with Crippen molar-refractivity contribution in [3.05, 3.63) is 54.7 Å². The number of anilines is 1. The van der Waals surface area contributed by atoms with E-state index in [1.54, 1.807) is 23.5 Å². The molecule has 0 bridgehead atoms. The minimum Gasteiger partial charge on any atom is -0.375 e. The molecule has 94 valence electrons. The first kappa shape index (κ1) is 13.0. The molecule has 0 radical (unpaired) electrons. The average Bonchev–Trinajstić information content (AvgIpc) is 2.72. The first-order chi connectivity index (χ1) is 8.56. The van der Waals surface area contributed by atoms with Crippen molar-refractivity contribution in [2.24, 2.45) is 0 Å². The van der Waals surface area contributed by atoms with Crippen molar-refractivity contribution in [1.82, 2.24) is 0 Å². The largest absolute Gasteiger partial charge is 0.375 e. The molecular weight excluding hydrogens is 316 g/mol. The number of hydrogen-bond donors (Lipinski definition) is 1. The van der Waals surface area contributed by atoms with Crippen LogP contribution in [0.4, 0.5) is 11.4 Å². The predicted octanol–water partition coefficient (Wildman–Crippen LogP) is 4.34. The topological polar surface area (TPSA) is 55.2 Å². The lowest BCUT2D eigenvalue weighted by Crippen LogP contribution is -2.01. The summed E-state index contributed by atoms with van der Waals surface area (Å²) in [6.07, 6.45) is 0. The lowest BCUT2D eigenvalue weighted by atomic mass is 10.2. The van der Waals surface area contributed by atoms with Gasteiger partial charge in [-0.1, -0.05) is 15.9 Å². The SMILES string of the molecule is Cc1ccc(CNc2cc(Br)ccc2[N+](=O)[O-])s1. The Bertz CT molecular complexity index is 583. The Morgan fingerprint density at radius 3 is 2.78 bits per heavy atom. The van der Waals surface area contributed by atoms with Gasteiger partial charge in [0.2, 0.25) is 0 Å². The van der Waals surface area contributed by atoms with E-state index in [-0.39, 0.29) is 10.6 Å². The van der Waals surface area contributed by atoms with E-state index in [0.29, 0.717) is 12.2 Å². The molecule has 2 rings (SSSR count). The van der Waals surface area contributed by atoms with Gasteiger partial charge in [0, 0.05) is 26.8 Å². The molecule has 0 unspecified atom stereocenters. The van der Waals surface area contributed by atoms with Crippen molar-refractivity contribution >= 4 is 38.6 Å². The van der Waals surface area contributed by atoms with Crippen molar-refractivity contribution in [3.63, 3.8) is 0 Å². The number of nitro benzene ring substituents is 1. The second kappa shape index (κ2) is 5.49. The predicted molar refractivity (Wildman–Crippen MR) is 77.2 cm³/mol. The Kier molecular flexibility index (Phi) is 3.98. The lowest BCUT2D eigenvalue weighted by Gasteiger charge is -2.06. The first-order valence-electron chi connectivity index (χ1n) is 5.29. The van der Waals surface area contributed by atoms with E-state index in [9.17, 15) is 10.1 Å². The van der Waals surface area contributed by atoms with Crippen LogP contribution in [0.15, 0.2) is 34.8 Å². The van der Waals surface area contributed by atoms with E-state index in [1.165, 1.54) is 10.9 Å². The summed E-state index contributed by atoms with van der Waals surface area (Å²) in [5.74, 6) is 0. The molecule has 1 aromatic carbocycles. The van der Waals surface area contributed by atoms with E-state index in [2.05, 4.69) is 21.2 Å². The maximum Gasteiger partial charge on any atom is 0.292 e. The van der Waals surface area contributed by atoms with Crippen LogP contribution in [0.3, 0.4) is 0 Å². The van der Waals surface area contributed by atoms with Gasteiger partial charge >= 0.3 is 0 Å². The molecule has 2 aromatic rings. The Labute approximate surface area is 117 Å². The van der Waals surface area contributed by atoms with E-state index in [0.717, 1.165) is 9.35 Å². The van der Waals surface area contributed by atoms with Crippen LogP contribution in [0.25, 0.3) is 0 Å². The summed E-state index contributed by atoms with van der Waals surface area (Å²) in [6, 6.07) is 8.94. The highest BCUT2D eigenvalue weighted by atomic mass is 79.9. The number of hydrogen-bond acceptors (Lipinski definition) is 4. The molecule has 0 fully saturated rings. The molecule has 0 spiro atoms. The highest BCUT2D eigenvalue weighted by Gasteiger charge is 2.13. The van der Waals surface area contributed by atoms with Crippen molar-refractivity contribution in [3.8, 4) is 0 Å². The summed E-state index contributed by atoms with van der Waals surface area (Å²) in [6.45, 7) is 2.63. The fourth-order valence-corrected chi connectivity index (χ4v) is 2.76. The van der Waals surface area contributed by atoms with Gasteiger partial charge in [-0.05, 0) is 31.2 Å². The summed E-state index contributed by atoms with van der Waals surface area (Å²) >= 11 is 5.00. The van der Waals surface area contributed by atoms with Crippen LogP contribution in [0.2, 0.25) is 0 Å². The quantitative estimate of drug-likeness (QED) is 0.671. The zero-order chi connectivity index (χ0) is 13.1. The summed E-state index contributed by atoms with van der Waals surface area (Å²) in [7, 11) is 0. The molecular formula is C12H11BrN2O2S. The van der Waals surface area contributed by atoms with Gasteiger partial charge in [0.05, 0.1) is 4.92 Å². The van der Waals surface area contributed by atoms with Gasteiger partial charge in [-0.2, -0.15) is 0 Å². The van der Waals surface area contributed by atoms with Gasteiger partial charge in [-0.3, -0.25) is 10.1 Å². The number of thiophene rings is 1. The Hall–Kier alpha value is -1.40. The van der Waals surface area contributed by atoms with Crippen molar-refractivity contribution in [2.75, 3.05) is 5.32 Å². The van der Waals surface area contributed by atoms with Crippen molar-refractivity contribution in [2.45, 2.75) is 13.5 Å². The average molecular weight is 327 g/mol. The number of nitrogens with zero attached hydrogens (tertiary/aromatic N) is 1. The Morgan fingerprint density at radius 2 is 2.17 bits per heavy atom. The van der Waals surface area contributed by atoms with Crippen LogP contribution in [0, 0.1) is 17.0 Å². The molecule has 0 aliphatic carbocycles. The fourth-order valence-electron chi connectivity index (χ4n) is 1.57. The molecule has 0 saturated carbocycles. The summed E-state index contributed by atoms with van der Waals surface area (Å²) < 4.78 is 0.818. The highest BCUT2D eigenvalue weighted by molar-refractivity contribution is 9.10. The maximum absolute atomic E-state index is 10.9. The highest BCUT2D eigenvalue weighted by Crippen LogP contribution is 2.28. The number of aryl methyl sites for hydroxylation is 1. The second-order valence-corrected chi connectivity index (χ2v) is 6.07. The lowest BCUT2D eigenvalue weighted by molar-refractivity contribution is -0.384. The van der Waals surface area contributed by atoms with Crippen LogP contribution < -0.4 is 5.32 Å². The molecule has 18 heavy (non-hydrogen) atoms. The van der Waals surface area contributed by atoms with Crippen LogP contribution in [-0.2, 0) is 6.54 Å². The monoisotopic (exact) mass is 326 g/mol. The molecule has 4 nitrogen and oxygen atoms in total. The smallest absolute Gasteiger partial charge is 0.292 e. The molecule has 1 N–H and O–H groups in total. The van der Waals surface area contributed by atoms with E-state index in [1.807, 2.05) is 19.1 Å². The van der Waals surface area contributed by atoms with E-state index < -0.39 is 0 Å². The Balaban J connectivity index is 2.17. The van der Waals surface area contributed by atoms with E-state index in [4.69, 9.17) is 0 Å².